The van der Waals surface area contributed by atoms with E-state index >= 15 is 0 Å². The van der Waals surface area contributed by atoms with E-state index < -0.39 is 8.07 Å². The molecule has 0 atom stereocenters. The van der Waals surface area contributed by atoms with Crippen LogP contribution in [-0.4, -0.2) is 26.3 Å². The first-order valence-corrected chi connectivity index (χ1v) is 31.5. The molecule has 2 aliphatic rings. The normalized spacial score (nSPS) is 13.0. The molecule has 0 bridgehead atoms. The van der Waals surface area contributed by atoms with E-state index in [1.807, 2.05) is 0 Å². The number of hydrogen-bond donors (Lipinski definition) is 0. The Morgan fingerprint density at radius 3 is 0.988 bits per heavy atom. The van der Waals surface area contributed by atoms with Crippen LogP contribution in [0.4, 0.5) is 0 Å². The number of fused-ring (bicyclic) bond motifs is 20. The van der Waals surface area contributed by atoms with Gasteiger partial charge in [0, 0.05) is 65.8 Å². The average Bonchev–Trinajstić information content (AvgIpc) is 4.56. The van der Waals surface area contributed by atoms with Crippen LogP contribution in [0.25, 0.3) is 132 Å². The third-order valence-corrected chi connectivity index (χ3v) is 22.2. The lowest BCUT2D eigenvalue weighted by Crippen LogP contribution is -2.52. The maximum absolute atomic E-state index is 2.58. The summed E-state index contributed by atoms with van der Waals surface area (Å²) in [6.45, 7) is 5.11. The minimum atomic E-state index is -2.24. The van der Waals surface area contributed by atoms with Gasteiger partial charge >= 0.3 is 0 Å². The molecule has 0 amide bonds. The molecular weight excluding hydrogens is 997 g/mol. The predicted molar refractivity (Wildman–Crippen MR) is 343 cm³/mol. The highest BCUT2D eigenvalue weighted by Crippen LogP contribution is 2.48. The highest BCUT2D eigenvalue weighted by atomic mass is 28.3. The molecule has 5 heteroatoms. The zero-order chi connectivity index (χ0) is 53.2. The van der Waals surface area contributed by atoms with Gasteiger partial charge in [-0.1, -0.05) is 181 Å². The monoisotopic (exact) mass is 1050 g/mol. The molecule has 12 aromatic carbocycles. The molecule has 0 unspecified atom stereocenters. The van der Waals surface area contributed by atoms with E-state index in [-0.39, 0.29) is 0 Å². The molecule has 0 aliphatic heterocycles. The Balaban J connectivity index is 0.765. The Kier molecular flexibility index (Phi) is 9.19. The third-order valence-electron chi connectivity index (χ3n) is 18.7. The summed E-state index contributed by atoms with van der Waals surface area (Å²) in [5, 5.41) is 13.3. The highest BCUT2D eigenvalue weighted by Gasteiger charge is 2.33. The number of para-hydroxylation sites is 6. The van der Waals surface area contributed by atoms with Crippen molar-refractivity contribution < 1.29 is 0 Å². The number of hydrogen-bond acceptors (Lipinski definition) is 0. The van der Waals surface area contributed by atoms with E-state index in [0.717, 1.165) is 12.8 Å². The molecule has 380 valence electrons. The summed E-state index contributed by atoms with van der Waals surface area (Å²) < 4.78 is 9.87. The van der Waals surface area contributed by atoms with Crippen molar-refractivity contribution in [1.82, 2.24) is 18.3 Å². The van der Waals surface area contributed by atoms with Crippen molar-refractivity contribution in [2.45, 2.75) is 25.9 Å². The molecule has 4 aromatic heterocycles. The van der Waals surface area contributed by atoms with Gasteiger partial charge in [-0.3, -0.25) is 0 Å². The summed E-state index contributed by atoms with van der Waals surface area (Å²) in [5.74, 6) is 0. The van der Waals surface area contributed by atoms with E-state index in [2.05, 4.69) is 286 Å². The van der Waals surface area contributed by atoms with Crippen LogP contribution in [0.2, 0.25) is 13.1 Å². The zero-order valence-corrected chi connectivity index (χ0v) is 46.0. The lowest BCUT2D eigenvalue weighted by molar-refractivity contribution is 1.16. The van der Waals surface area contributed by atoms with Crippen molar-refractivity contribution >= 4 is 106 Å². The molecule has 0 radical (unpaired) electrons. The minimum Gasteiger partial charge on any atom is -0.309 e. The molecule has 18 rings (SSSR count). The highest BCUT2D eigenvalue weighted by molar-refractivity contribution is 7.00. The Morgan fingerprint density at radius 2 is 0.593 bits per heavy atom. The van der Waals surface area contributed by atoms with Crippen molar-refractivity contribution in [3.05, 3.63) is 277 Å². The Bertz CT molecular complexity index is 4940. The standard InChI is InChI=1S/C76H52N4Si/c1-81(2,53-33-29-47-41-63-55(61(47)45-53)35-39-73-75(63)65-43-51(31-37-71(65)77(73)49-17-5-3-6-18-49)79-67-25-13-9-21-57(67)58-22-10-14-26-68(58)79)54-34-30-48-42-64-56(62(48)46-54)36-40-74-76(64)66-44-52(32-38-72(66)78(74)50-19-7-4-8-20-50)80-69-27-15-11-23-59(69)60-24-12-16-28-70(60)80/h3-40,43-46H,41-42H2,1-2H3. The maximum Gasteiger partial charge on any atom is 0.112 e. The van der Waals surface area contributed by atoms with E-state index in [4.69, 9.17) is 0 Å². The van der Waals surface area contributed by atoms with Crippen molar-refractivity contribution in [3.63, 3.8) is 0 Å². The summed E-state index contributed by atoms with van der Waals surface area (Å²) in [7, 11) is -2.24. The smallest absolute Gasteiger partial charge is 0.112 e. The van der Waals surface area contributed by atoms with Crippen LogP contribution >= 0.6 is 0 Å². The van der Waals surface area contributed by atoms with Gasteiger partial charge < -0.3 is 18.3 Å². The lowest BCUT2D eigenvalue weighted by atomic mass is 10.0. The summed E-state index contributed by atoms with van der Waals surface area (Å²) in [6.07, 6.45) is 1.81. The maximum atomic E-state index is 2.58. The predicted octanol–water partition coefficient (Wildman–Crippen LogP) is 18.0. The first kappa shape index (κ1) is 45.0. The summed E-state index contributed by atoms with van der Waals surface area (Å²) in [4.78, 5) is 0. The second-order valence-electron chi connectivity index (χ2n) is 23.2. The zero-order valence-electron chi connectivity index (χ0n) is 45.0. The molecule has 2 aliphatic carbocycles. The van der Waals surface area contributed by atoms with E-state index in [1.165, 1.54) is 165 Å². The summed E-state index contributed by atoms with van der Waals surface area (Å²) in [6, 6.07) is 96.1. The number of benzene rings is 12. The van der Waals surface area contributed by atoms with Crippen molar-refractivity contribution in [3.8, 4) is 45.0 Å². The summed E-state index contributed by atoms with van der Waals surface area (Å²) >= 11 is 0. The van der Waals surface area contributed by atoms with Crippen LogP contribution < -0.4 is 10.4 Å². The van der Waals surface area contributed by atoms with Gasteiger partial charge in [0.2, 0.25) is 0 Å². The average molecular weight is 1050 g/mol. The van der Waals surface area contributed by atoms with Crippen LogP contribution in [0, 0.1) is 0 Å². The Hall–Kier alpha value is -9.94. The topological polar surface area (TPSA) is 19.7 Å². The fraction of sp³-hybridized carbons (Fsp3) is 0.0526. The molecular formula is C76H52N4Si. The van der Waals surface area contributed by atoms with Crippen LogP contribution in [0.1, 0.15) is 22.3 Å². The van der Waals surface area contributed by atoms with Crippen molar-refractivity contribution in [2.75, 3.05) is 0 Å². The molecule has 0 fully saturated rings. The largest absolute Gasteiger partial charge is 0.309 e. The van der Waals surface area contributed by atoms with Gasteiger partial charge in [-0.15, -0.1) is 0 Å². The van der Waals surface area contributed by atoms with Gasteiger partial charge in [0.15, 0.2) is 0 Å². The summed E-state index contributed by atoms with van der Waals surface area (Å²) in [5.41, 5.74) is 25.7. The molecule has 0 spiro atoms. The number of nitrogens with zero attached hydrogens (tertiary/aromatic N) is 4. The second-order valence-corrected chi connectivity index (χ2v) is 27.6. The van der Waals surface area contributed by atoms with Gasteiger partial charge in [-0.05, 0) is 154 Å². The quantitative estimate of drug-likeness (QED) is 0.148. The number of aromatic nitrogens is 4. The van der Waals surface area contributed by atoms with Gasteiger partial charge in [0.1, 0.15) is 8.07 Å². The van der Waals surface area contributed by atoms with Gasteiger partial charge in [0.25, 0.3) is 0 Å². The molecule has 0 N–H and O–H groups in total. The Morgan fingerprint density at radius 1 is 0.259 bits per heavy atom. The van der Waals surface area contributed by atoms with Gasteiger partial charge in [-0.2, -0.15) is 0 Å². The molecule has 0 saturated carbocycles. The van der Waals surface area contributed by atoms with Crippen LogP contribution in [0.5, 0.6) is 0 Å². The van der Waals surface area contributed by atoms with Crippen LogP contribution in [0.3, 0.4) is 0 Å². The minimum absolute atomic E-state index is 0.905. The molecule has 4 nitrogen and oxygen atoms in total. The fourth-order valence-electron chi connectivity index (χ4n) is 14.9. The third kappa shape index (κ3) is 6.24. The number of rotatable bonds is 6. The van der Waals surface area contributed by atoms with Crippen LogP contribution in [-0.2, 0) is 12.8 Å². The SMILES string of the molecule is C[Si](C)(c1ccc2c(c1)-c1ccc3c(c1C2)c1cc(-n2c4ccccc4c4ccccc42)ccc1n3-c1ccccc1)c1ccc2c(c1)-c1ccc3c(c1C2)c1cc(-n2c4ccccc4c4ccccc42)ccc1n3-c1ccccc1. The van der Waals surface area contributed by atoms with E-state index in [0.29, 0.717) is 0 Å². The first-order valence-electron chi connectivity index (χ1n) is 28.5. The van der Waals surface area contributed by atoms with Gasteiger partial charge in [0.05, 0.1) is 44.1 Å². The molecule has 81 heavy (non-hydrogen) atoms. The fourth-order valence-corrected chi connectivity index (χ4v) is 17.2. The van der Waals surface area contributed by atoms with Crippen molar-refractivity contribution in [2.24, 2.45) is 0 Å². The van der Waals surface area contributed by atoms with E-state index in [1.54, 1.807) is 0 Å². The molecule has 0 saturated heterocycles. The van der Waals surface area contributed by atoms with Gasteiger partial charge in [-0.25, -0.2) is 0 Å². The van der Waals surface area contributed by atoms with Crippen LogP contribution in [0.15, 0.2) is 255 Å². The van der Waals surface area contributed by atoms with E-state index in [9.17, 15) is 0 Å². The Labute approximate surface area is 469 Å². The second kappa shape index (κ2) is 16.6. The molecule has 16 aromatic rings. The first-order chi connectivity index (χ1) is 39.9. The van der Waals surface area contributed by atoms with Crippen molar-refractivity contribution in [1.29, 1.82) is 0 Å². The lowest BCUT2D eigenvalue weighted by Gasteiger charge is -2.25. The molecule has 4 heterocycles.